The van der Waals surface area contributed by atoms with Crippen molar-refractivity contribution < 1.29 is 33.6 Å². The third kappa shape index (κ3) is 7.02. The fourth-order valence-electron chi connectivity index (χ4n) is 5.55. The van der Waals surface area contributed by atoms with Crippen LogP contribution in [0.3, 0.4) is 0 Å². The Balaban J connectivity index is 1.60. The number of aliphatic carboxylic acids is 1. The van der Waals surface area contributed by atoms with Crippen molar-refractivity contribution in [3.8, 4) is 17.2 Å². The highest BCUT2D eigenvalue weighted by Gasteiger charge is 2.47. The number of rotatable bonds is 11. The summed E-state index contributed by atoms with van der Waals surface area (Å²) >= 11 is 0. The van der Waals surface area contributed by atoms with E-state index in [1.54, 1.807) is 7.11 Å². The number of carboxylic acids is 1. The molecule has 2 heterocycles. The Morgan fingerprint density at radius 1 is 1.05 bits per heavy atom. The summed E-state index contributed by atoms with van der Waals surface area (Å²) in [6.07, 6.45) is 0.891. The maximum atomic E-state index is 12.8. The van der Waals surface area contributed by atoms with Crippen LogP contribution >= 0.6 is 0 Å². The first kappa shape index (κ1) is 28.7. The van der Waals surface area contributed by atoms with E-state index in [4.69, 9.17) is 18.9 Å². The van der Waals surface area contributed by atoms with Crippen LogP contribution in [0.2, 0.25) is 0 Å². The molecule has 0 bridgehead atoms. The van der Waals surface area contributed by atoms with Crippen LogP contribution in [-0.2, 0) is 14.3 Å². The lowest BCUT2D eigenvalue weighted by Gasteiger charge is -2.30. The van der Waals surface area contributed by atoms with Crippen molar-refractivity contribution >= 4 is 11.9 Å². The first-order valence-electron chi connectivity index (χ1n) is 13.5. The summed E-state index contributed by atoms with van der Waals surface area (Å²) in [5, 5.41) is 10.5. The maximum Gasteiger partial charge on any atom is 0.320 e. The Kier molecular flexibility index (Phi) is 9.02. The van der Waals surface area contributed by atoms with E-state index in [0.29, 0.717) is 36.9 Å². The molecule has 3 atom stereocenters. The smallest absolute Gasteiger partial charge is 0.320 e. The molecule has 4 rings (SSSR count). The van der Waals surface area contributed by atoms with Crippen LogP contribution in [0.4, 0.5) is 0 Å². The molecule has 1 saturated heterocycles. The number of esters is 1. The van der Waals surface area contributed by atoms with Crippen LogP contribution in [0.15, 0.2) is 42.5 Å². The highest BCUT2D eigenvalue weighted by Crippen LogP contribution is 2.47. The minimum atomic E-state index is -0.847. The third-order valence-corrected chi connectivity index (χ3v) is 7.18. The van der Waals surface area contributed by atoms with Crippen molar-refractivity contribution in [1.29, 1.82) is 0 Å². The predicted octanol–water partition coefficient (Wildman–Crippen LogP) is 4.32. The molecule has 212 valence electrons. The van der Waals surface area contributed by atoms with Gasteiger partial charge in [0.2, 0.25) is 6.79 Å². The Labute approximate surface area is 230 Å². The molecule has 0 saturated carbocycles. The number of ether oxygens (including phenoxy) is 4. The molecule has 0 aromatic heterocycles. The van der Waals surface area contributed by atoms with Gasteiger partial charge in [-0.05, 0) is 69.1 Å². The van der Waals surface area contributed by atoms with Gasteiger partial charge in [0.05, 0.1) is 19.6 Å². The molecule has 2 aromatic carbocycles. The summed E-state index contributed by atoms with van der Waals surface area (Å²) in [6, 6.07) is 13.0. The van der Waals surface area contributed by atoms with Crippen LogP contribution in [0, 0.1) is 5.92 Å². The van der Waals surface area contributed by atoms with Gasteiger partial charge in [0.1, 0.15) is 11.4 Å². The van der Waals surface area contributed by atoms with Crippen LogP contribution in [0.25, 0.3) is 0 Å². The van der Waals surface area contributed by atoms with Crippen LogP contribution in [0.1, 0.15) is 57.2 Å². The molecule has 2 aliphatic heterocycles. The zero-order valence-corrected chi connectivity index (χ0v) is 23.5. The molecule has 2 aromatic rings. The van der Waals surface area contributed by atoms with E-state index in [1.807, 2.05) is 63.2 Å². The van der Waals surface area contributed by atoms with Gasteiger partial charge < -0.3 is 24.1 Å². The fraction of sp³-hybridized carbons (Fsp3) is 0.533. The molecule has 39 heavy (non-hydrogen) atoms. The second-order valence-corrected chi connectivity index (χ2v) is 11.2. The van der Waals surface area contributed by atoms with Crippen molar-refractivity contribution in [2.24, 2.45) is 5.92 Å². The highest BCUT2D eigenvalue weighted by atomic mass is 16.7. The average Bonchev–Trinajstić information content (AvgIpc) is 3.50. The Morgan fingerprint density at radius 3 is 2.38 bits per heavy atom. The van der Waals surface area contributed by atoms with E-state index < -0.39 is 17.5 Å². The first-order valence-corrected chi connectivity index (χ1v) is 13.5. The SMILES string of the molecule is CCCN(CCN1C[C@H](c2ccc3c(c2)OCO3)[C@H](C(=O)O)[C@H]1c1ccc(OC)cc1)CC(=O)OC(C)(C)C. The number of carboxylic acid groups (broad SMARTS) is 1. The number of hydrogen-bond donors (Lipinski definition) is 1. The molecule has 2 aliphatic rings. The van der Waals surface area contributed by atoms with Gasteiger partial charge in [-0.25, -0.2) is 0 Å². The third-order valence-electron chi connectivity index (χ3n) is 7.18. The lowest BCUT2D eigenvalue weighted by atomic mass is 9.82. The van der Waals surface area contributed by atoms with Crippen molar-refractivity contribution in [2.45, 2.75) is 51.7 Å². The van der Waals surface area contributed by atoms with E-state index in [2.05, 4.69) is 16.7 Å². The molecular formula is C30H40N2O7. The van der Waals surface area contributed by atoms with Crippen LogP contribution in [0.5, 0.6) is 17.2 Å². The molecule has 0 unspecified atom stereocenters. The van der Waals surface area contributed by atoms with Crippen molar-refractivity contribution in [1.82, 2.24) is 9.80 Å². The molecule has 0 spiro atoms. The van der Waals surface area contributed by atoms with Gasteiger partial charge in [-0.3, -0.25) is 19.4 Å². The Morgan fingerprint density at radius 2 is 1.74 bits per heavy atom. The maximum absolute atomic E-state index is 12.8. The average molecular weight is 541 g/mol. The number of hydrogen-bond acceptors (Lipinski definition) is 8. The highest BCUT2D eigenvalue weighted by molar-refractivity contribution is 5.74. The zero-order chi connectivity index (χ0) is 28.2. The largest absolute Gasteiger partial charge is 0.497 e. The number of nitrogens with zero attached hydrogens (tertiary/aromatic N) is 2. The first-order chi connectivity index (χ1) is 18.6. The van der Waals surface area contributed by atoms with Gasteiger partial charge >= 0.3 is 11.9 Å². The van der Waals surface area contributed by atoms with Gasteiger partial charge in [-0.2, -0.15) is 0 Å². The van der Waals surface area contributed by atoms with Crippen molar-refractivity contribution in [3.05, 3.63) is 53.6 Å². The second kappa shape index (κ2) is 12.3. The molecule has 1 fully saturated rings. The quantitative estimate of drug-likeness (QED) is 0.418. The van der Waals surface area contributed by atoms with Gasteiger partial charge in [0.25, 0.3) is 0 Å². The predicted molar refractivity (Wildman–Crippen MR) is 146 cm³/mol. The van der Waals surface area contributed by atoms with E-state index in [-0.39, 0.29) is 31.3 Å². The van der Waals surface area contributed by atoms with E-state index in [0.717, 1.165) is 24.1 Å². The standard InChI is InChI=1S/C30H40N2O7/c1-6-13-31(18-26(33)39-30(2,3)4)14-15-32-17-23(21-9-12-24-25(16-21)38-19-37-24)27(29(34)35)28(32)20-7-10-22(36-5)11-8-20/h7-12,16,23,27-28H,6,13-15,17-19H2,1-5H3,(H,34,35)/t23-,27+,28-/m1/s1. The molecular weight excluding hydrogens is 500 g/mol. The molecule has 9 heteroatoms. The lowest BCUT2D eigenvalue weighted by molar-refractivity contribution is -0.156. The topological polar surface area (TPSA) is 97.8 Å². The van der Waals surface area contributed by atoms with Gasteiger partial charge in [0.15, 0.2) is 11.5 Å². The van der Waals surface area contributed by atoms with Gasteiger partial charge in [-0.15, -0.1) is 0 Å². The number of likely N-dealkylation sites (tertiary alicyclic amines) is 1. The minimum Gasteiger partial charge on any atom is -0.497 e. The Bertz CT molecular complexity index is 1140. The van der Waals surface area contributed by atoms with Crippen LogP contribution in [-0.4, -0.2) is 79.1 Å². The second-order valence-electron chi connectivity index (χ2n) is 11.2. The molecule has 0 radical (unpaired) electrons. The summed E-state index contributed by atoms with van der Waals surface area (Å²) in [5.41, 5.74) is 1.28. The number of fused-ring (bicyclic) bond motifs is 1. The normalized spacial score (nSPS) is 20.8. The molecule has 0 aliphatic carbocycles. The van der Waals surface area contributed by atoms with Gasteiger partial charge in [0, 0.05) is 31.6 Å². The fourth-order valence-corrected chi connectivity index (χ4v) is 5.55. The summed E-state index contributed by atoms with van der Waals surface area (Å²) in [5.74, 6) is -0.00853. The summed E-state index contributed by atoms with van der Waals surface area (Å²) in [6.45, 7) is 10.5. The monoisotopic (exact) mass is 540 g/mol. The van der Waals surface area contributed by atoms with E-state index >= 15 is 0 Å². The van der Waals surface area contributed by atoms with Crippen molar-refractivity contribution in [2.75, 3.05) is 46.6 Å². The minimum absolute atomic E-state index is 0.164. The number of carbonyl (C=O) groups is 2. The van der Waals surface area contributed by atoms with Crippen LogP contribution < -0.4 is 14.2 Å². The Hall–Kier alpha value is -3.30. The lowest BCUT2D eigenvalue weighted by Crippen LogP contribution is -2.40. The molecule has 1 N–H and O–H groups in total. The van der Waals surface area contributed by atoms with Gasteiger partial charge in [-0.1, -0.05) is 25.1 Å². The summed E-state index contributed by atoms with van der Waals surface area (Å²) in [7, 11) is 1.61. The van der Waals surface area contributed by atoms with Crippen molar-refractivity contribution in [3.63, 3.8) is 0 Å². The molecule has 0 amide bonds. The number of methoxy groups -OCH3 is 1. The number of carbonyl (C=O) groups excluding carboxylic acids is 1. The molecule has 9 nitrogen and oxygen atoms in total. The number of benzene rings is 2. The van der Waals surface area contributed by atoms with E-state index in [9.17, 15) is 14.7 Å². The summed E-state index contributed by atoms with van der Waals surface area (Å²) in [4.78, 5) is 29.7. The van der Waals surface area contributed by atoms with E-state index in [1.165, 1.54) is 0 Å². The summed E-state index contributed by atoms with van der Waals surface area (Å²) < 4.78 is 21.9. The zero-order valence-electron chi connectivity index (χ0n) is 23.5.